The summed E-state index contributed by atoms with van der Waals surface area (Å²) >= 11 is 0. The SMILES string of the molecule is CCOc1ccc(Nc2nc(N)c([N+](=O)[O-])c(NCc3ccco3)n2)cc1. The smallest absolute Gasteiger partial charge is 0.353 e. The van der Waals surface area contributed by atoms with Gasteiger partial charge in [-0.2, -0.15) is 9.97 Å². The molecule has 0 amide bonds. The van der Waals surface area contributed by atoms with Crippen molar-refractivity contribution in [1.82, 2.24) is 9.97 Å². The van der Waals surface area contributed by atoms with Crippen molar-refractivity contribution in [3.63, 3.8) is 0 Å². The number of furan rings is 1. The molecule has 0 fully saturated rings. The van der Waals surface area contributed by atoms with Crippen LogP contribution in [0.15, 0.2) is 47.1 Å². The third-order valence-corrected chi connectivity index (χ3v) is 3.53. The minimum absolute atomic E-state index is 0.00247. The lowest BCUT2D eigenvalue weighted by Gasteiger charge is -2.10. The second kappa shape index (κ2) is 8.04. The van der Waals surface area contributed by atoms with Gasteiger partial charge in [0.2, 0.25) is 17.6 Å². The molecule has 0 bridgehead atoms. The van der Waals surface area contributed by atoms with Gasteiger partial charge in [0.25, 0.3) is 0 Å². The number of nitrogens with two attached hydrogens (primary N) is 1. The van der Waals surface area contributed by atoms with Gasteiger partial charge < -0.3 is 25.5 Å². The van der Waals surface area contributed by atoms with Crippen LogP contribution in [0.3, 0.4) is 0 Å². The van der Waals surface area contributed by atoms with E-state index in [9.17, 15) is 10.1 Å². The van der Waals surface area contributed by atoms with Crippen molar-refractivity contribution in [2.45, 2.75) is 13.5 Å². The van der Waals surface area contributed by atoms with Crippen LogP contribution >= 0.6 is 0 Å². The third-order valence-electron chi connectivity index (χ3n) is 3.53. The quantitative estimate of drug-likeness (QED) is 0.402. The first-order valence-corrected chi connectivity index (χ1v) is 8.15. The Kier molecular flexibility index (Phi) is 5.36. The van der Waals surface area contributed by atoms with Gasteiger partial charge in [0.15, 0.2) is 0 Å². The molecule has 140 valence electrons. The highest BCUT2D eigenvalue weighted by Crippen LogP contribution is 2.30. The minimum Gasteiger partial charge on any atom is -0.494 e. The molecule has 0 aliphatic carbocycles. The average molecular weight is 370 g/mol. The van der Waals surface area contributed by atoms with Gasteiger partial charge in [0.05, 0.1) is 24.3 Å². The Morgan fingerprint density at radius 2 is 2.04 bits per heavy atom. The van der Waals surface area contributed by atoms with Crippen molar-refractivity contribution in [2.75, 3.05) is 23.0 Å². The molecule has 27 heavy (non-hydrogen) atoms. The van der Waals surface area contributed by atoms with Crippen LogP contribution in [-0.4, -0.2) is 21.5 Å². The molecule has 1 aromatic carbocycles. The maximum atomic E-state index is 11.3. The predicted molar refractivity (Wildman–Crippen MR) is 100 cm³/mol. The standard InChI is InChI=1S/C17H18N6O4/c1-2-26-12-7-5-11(6-8-12)20-17-21-15(18)14(23(24)25)16(22-17)19-10-13-4-3-9-27-13/h3-9H,2,10H2,1H3,(H4,18,19,20,21,22). The van der Waals surface area contributed by atoms with E-state index in [1.165, 1.54) is 6.26 Å². The van der Waals surface area contributed by atoms with Crippen molar-refractivity contribution in [3.8, 4) is 5.75 Å². The topological polar surface area (TPSA) is 141 Å². The van der Waals surface area contributed by atoms with Gasteiger partial charge in [0.1, 0.15) is 11.5 Å². The number of nitrogens with zero attached hydrogens (tertiary/aromatic N) is 3. The van der Waals surface area contributed by atoms with Gasteiger partial charge in [0, 0.05) is 5.69 Å². The number of benzene rings is 1. The monoisotopic (exact) mass is 370 g/mol. The van der Waals surface area contributed by atoms with Crippen LogP contribution in [0.5, 0.6) is 5.75 Å². The molecular weight excluding hydrogens is 352 g/mol. The molecular formula is C17H18N6O4. The molecule has 4 N–H and O–H groups in total. The fourth-order valence-corrected chi connectivity index (χ4v) is 2.35. The number of aromatic nitrogens is 2. The summed E-state index contributed by atoms with van der Waals surface area (Å²) in [5.74, 6) is 1.21. The van der Waals surface area contributed by atoms with Crippen LogP contribution in [0, 0.1) is 10.1 Å². The minimum atomic E-state index is -0.625. The van der Waals surface area contributed by atoms with Crippen molar-refractivity contribution in [3.05, 3.63) is 58.5 Å². The molecule has 3 rings (SSSR count). The summed E-state index contributed by atoms with van der Waals surface area (Å²) in [6, 6.07) is 10.6. The van der Waals surface area contributed by atoms with Crippen molar-refractivity contribution in [2.24, 2.45) is 0 Å². The number of nitro groups is 1. The van der Waals surface area contributed by atoms with Crippen molar-refractivity contribution >= 4 is 29.0 Å². The fourth-order valence-electron chi connectivity index (χ4n) is 2.35. The van der Waals surface area contributed by atoms with E-state index in [4.69, 9.17) is 14.9 Å². The maximum absolute atomic E-state index is 11.3. The number of ether oxygens (including phenoxy) is 1. The molecule has 0 aliphatic rings. The Morgan fingerprint density at radius 3 is 2.67 bits per heavy atom. The number of rotatable bonds is 8. The van der Waals surface area contributed by atoms with E-state index in [0.29, 0.717) is 18.1 Å². The van der Waals surface area contributed by atoms with Gasteiger partial charge in [-0.3, -0.25) is 10.1 Å². The van der Waals surface area contributed by atoms with E-state index in [1.807, 2.05) is 6.92 Å². The van der Waals surface area contributed by atoms with Crippen molar-refractivity contribution < 1.29 is 14.1 Å². The van der Waals surface area contributed by atoms with Gasteiger partial charge in [-0.15, -0.1) is 0 Å². The van der Waals surface area contributed by atoms with E-state index in [-0.39, 0.29) is 24.1 Å². The van der Waals surface area contributed by atoms with Gasteiger partial charge in [-0.25, -0.2) is 0 Å². The highest BCUT2D eigenvalue weighted by molar-refractivity contribution is 5.71. The molecule has 0 unspecified atom stereocenters. The van der Waals surface area contributed by atoms with Crippen LogP contribution in [0.1, 0.15) is 12.7 Å². The molecule has 10 heteroatoms. The highest BCUT2D eigenvalue weighted by Gasteiger charge is 2.23. The van der Waals surface area contributed by atoms with Gasteiger partial charge >= 0.3 is 5.69 Å². The zero-order valence-corrected chi connectivity index (χ0v) is 14.5. The number of nitrogen functional groups attached to an aromatic ring is 1. The molecule has 0 radical (unpaired) electrons. The summed E-state index contributed by atoms with van der Waals surface area (Å²) in [5, 5.41) is 17.2. The Hall–Kier alpha value is -3.82. The van der Waals surface area contributed by atoms with Crippen LogP contribution in [-0.2, 0) is 6.54 Å². The lowest BCUT2D eigenvalue weighted by Crippen LogP contribution is -2.10. The second-order valence-electron chi connectivity index (χ2n) is 5.40. The molecule has 10 nitrogen and oxygen atoms in total. The second-order valence-corrected chi connectivity index (χ2v) is 5.40. The van der Waals surface area contributed by atoms with E-state index in [0.717, 1.165) is 5.75 Å². The van der Waals surface area contributed by atoms with E-state index >= 15 is 0 Å². The molecule has 3 aromatic rings. The largest absolute Gasteiger partial charge is 0.494 e. The number of hydrogen-bond donors (Lipinski definition) is 3. The zero-order valence-electron chi connectivity index (χ0n) is 14.5. The van der Waals surface area contributed by atoms with Gasteiger partial charge in [-0.1, -0.05) is 0 Å². The number of hydrogen-bond acceptors (Lipinski definition) is 9. The number of nitrogens with one attached hydrogen (secondary N) is 2. The Morgan fingerprint density at radius 1 is 1.26 bits per heavy atom. The summed E-state index contributed by atoms with van der Waals surface area (Å²) in [7, 11) is 0. The van der Waals surface area contributed by atoms with E-state index < -0.39 is 10.6 Å². The first-order chi connectivity index (χ1) is 13.1. The van der Waals surface area contributed by atoms with E-state index in [1.54, 1.807) is 36.4 Å². The van der Waals surface area contributed by atoms with Crippen LogP contribution in [0.4, 0.5) is 29.0 Å². The maximum Gasteiger partial charge on any atom is 0.353 e. The van der Waals surface area contributed by atoms with E-state index in [2.05, 4.69) is 20.6 Å². The lowest BCUT2D eigenvalue weighted by molar-refractivity contribution is -0.383. The summed E-state index contributed by atoms with van der Waals surface area (Å²) in [5.41, 5.74) is 6.07. The molecule has 0 aliphatic heterocycles. The summed E-state index contributed by atoms with van der Waals surface area (Å²) < 4.78 is 10.6. The highest BCUT2D eigenvalue weighted by atomic mass is 16.6. The Labute approximate surface area is 154 Å². The van der Waals surface area contributed by atoms with Crippen LogP contribution in [0.2, 0.25) is 0 Å². The van der Waals surface area contributed by atoms with Crippen LogP contribution < -0.4 is 21.1 Å². The first-order valence-electron chi connectivity index (χ1n) is 8.15. The van der Waals surface area contributed by atoms with Gasteiger partial charge in [-0.05, 0) is 43.3 Å². The molecule has 0 atom stereocenters. The molecule has 0 saturated carbocycles. The predicted octanol–water partition coefficient (Wildman–Crippen LogP) is 3.31. The molecule has 2 aromatic heterocycles. The summed E-state index contributed by atoms with van der Waals surface area (Å²) in [4.78, 5) is 18.8. The normalized spacial score (nSPS) is 10.4. The number of anilines is 4. The fraction of sp³-hybridized carbons (Fsp3) is 0.176. The van der Waals surface area contributed by atoms with Crippen LogP contribution in [0.25, 0.3) is 0 Å². The average Bonchev–Trinajstić information content (AvgIpc) is 3.15. The zero-order chi connectivity index (χ0) is 19.2. The summed E-state index contributed by atoms with van der Waals surface area (Å²) in [6.07, 6.45) is 1.51. The molecule has 0 spiro atoms. The molecule has 2 heterocycles. The third kappa shape index (κ3) is 4.42. The Balaban J connectivity index is 1.83. The Bertz CT molecular complexity index is 912. The molecule has 0 saturated heterocycles. The summed E-state index contributed by atoms with van der Waals surface area (Å²) in [6.45, 7) is 2.68. The van der Waals surface area contributed by atoms with Crippen molar-refractivity contribution in [1.29, 1.82) is 0 Å². The lowest BCUT2D eigenvalue weighted by atomic mass is 10.3. The first kappa shape index (κ1) is 18.0.